The van der Waals surface area contributed by atoms with Gasteiger partial charge < -0.3 is 49.9 Å². The van der Waals surface area contributed by atoms with Crippen LogP contribution in [0.25, 0.3) is 11.2 Å². The van der Waals surface area contributed by atoms with Crippen molar-refractivity contribution in [2.45, 2.75) is 62.8 Å². The van der Waals surface area contributed by atoms with E-state index < -0.39 is 40.1 Å². The molecule has 0 radical (unpaired) electrons. The molecule has 2 heterocycles. The normalized spacial score (nSPS) is 12.2. The molecule has 6 aromatic rings. The monoisotopic (exact) mass is 1100 g/mol. The number of nitrogens with one attached hydrogen (secondary N) is 3. The quantitative estimate of drug-likeness (QED) is 0.0156. The van der Waals surface area contributed by atoms with Crippen LogP contribution >= 0.6 is 11.8 Å². The number of carbonyl (C=O) groups is 5. The Morgan fingerprint density at radius 1 is 0.684 bits per heavy atom. The lowest BCUT2D eigenvalue weighted by Gasteiger charge is -2.36. The van der Waals surface area contributed by atoms with Crippen LogP contribution in [-0.4, -0.2) is 139 Å². The number of carboxylic acid groups (broad SMARTS) is 1. The summed E-state index contributed by atoms with van der Waals surface area (Å²) in [5, 5.41) is 15.3. The second kappa shape index (κ2) is 33.1. The molecule has 0 saturated heterocycles. The lowest BCUT2D eigenvalue weighted by atomic mass is 9.84. The molecule has 0 aliphatic rings. The van der Waals surface area contributed by atoms with Gasteiger partial charge in [-0.3, -0.25) is 29.0 Å². The number of ketones is 2. The highest BCUT2D eigenvalue weighted by molar-refractivity contribution is 8.00. The molecule has 0 saturated carbocycles. The second-order valence-electron chi connectivity index (χ2n) is 18.1. The summed E-state index contributed by atoms with van der Waals surface area (Å²) in [6.07, 6.45) is 2.22. The molecule has 6 N–H and O–H groups in total. The van der Waals surface area contributed by atoms with Gasteiger partial charge in [0.15, 0.2) is 11.2 Å². The van der Waals surface area contributed by atoms with Gasteiger partial charge in [-0.15, -0.1) is 11.8 Å². The van der Waals surface area contributed by atoms with Crippen molar-refractivity contribution >= 4 is 64.0 Å². The van der Waals surface area contributed by atoms with Crippen LogP contribution in [0.3, 0.4) is 0 Å². The fourth-order valence-electron chi connectivity index (χ4n) is 8.30. The molecule has 0 aliphatic heterocycles. The third kappa shape index (κ3) is 19.8. The second-order valence-corrected chi connectivity index (χ2v) is 19.3. The summed E-state index contributed by atoms with van der Waals surface area (Å²) in [4.78, 5) is 90.7. The maximum atomic E-state index is 13.3. The number of aliphatic carboxylic acids is 1. The van der Waals surface area contributed by atoms with Crippen molar-refractivity contribution < 1.29 is 57.5 Å². The molecule has 0 bridgehead atoms. The van der Waals surface area contributed by atoms with E-state index in [0.717, 1.165) is 16.7 Å². The Hall–Kier alpha value is -7.40. The first kappa shape index (κ1) is 60.8. The minimum atomic E-state index is -1.26. The standard InChI is InChI=1S/C58H69N7O13S/c1-2-78-56(72)42(40-79-58(43-13-6-3-7-14-43,44-15-8-4-9-16-44)45-17-10-5-11-18-45)37-49(67)26-28-74-30-32-76-34-36-77-35-33-75-31-29-73-27-12-19-48(66)24-25-50(55(70)71)63-53(68)41-20-22-46(23-21-41)60-38-47-39-61-52-51(62-47)54(69)65-57(59)64-52/h3-11,13-18,20-23,39,42,50,60H,2,12,19,24-38,40H2,1H3,(H,63,68)(H,70,71)(H3,59,61,64,65,69)/t42-,50-/m0/s1. The van der Waals surface area contributed by atoms with Crippen molar-refractivity contribution in [2.24, 2.45) is 5.92 Å². The highest BCUT2D eigenvalue weighted by atomic mass is 32.2. The Kier molecular flexibility index (Phi) is 25.5. The summed E-state index contributed by atoms with van der Waals surface area (Å²) >= 11 is 1.63. The van der Waals surface area contributed by atoms with Crippen molar-refractivity contribution in [2.75, 3.05) is 89.5 Å². The maximum absolute atomic E-state index is 13.3. The zero-order valence-corrected chi connectivity index (χ0v) is 45.1. The molecular weight excluding hydrogens is 1030 g/mol. The largest absolute Gasteiger partial charge is 0.480 e. The molecule has 0 fully saturated rings. The lowest BCUT2D eigenvalue weighted by molar-refractivity contribution is -0.148. The highest BCUT2D eigenvalue weighted by Gasteiger charge is 2.39. The van der Waals surface area contributed by atoms with Crippen LogP contribution in [-0.2, 0) is 58.9 Å². The molecule has 21 heteroatoms. The third-order valence-corrected chi connectivity index (χ3v) is 14.0. The van der Waals surface area contributed by atoms with E-state index in [2.05, 4.69) is 67.0 Å². The van der Waals surface area contributed by atoms with E-state index in [-0.39, 0.29) is 86.1 Å². The van der Waals surface area contributed by atoms with Crippen molar-refractivity contribution in [1.82, 2.24) is 25.3 Å². The Balaban J connectivity index is 0.755. The minimum Gasteiger partial charge on any atom is -0.480 e. The maximum Gasteiger partial charge on any atom is 0.326 e. The summed E-state index contributed by atoms with van der Waals surface area (Å²) in [5.74, 6) is -2.82. The summed E-state index contributed by atoms with van der Waals surface area (Å²) in [5.41, 5.74) is 9.75. The van der Waals surface area contributed by atoms with Crippen molar-refractivity contribution in [3.8, 4) is 0 Å². The molecule has 2 atom stereocenters. The molecule has 0 unspecified atom stereocenters. The topological polar surface area (TPSA) is 283 Å². The molecule has 2 aromatic heterocycles. The molecule has 0 aliphatic carbocycles. The highest BCUT2D eigenvalue weighted by Crippen LogP contribution is 2.49. The number of nitrogens with two attached hydrogens (primary N) is 1. The summed E-state index contributed by atoms with van der Waals surface area (Å²) in [7, 11) is 0. The van der Waals surface area contributed by atoms with Crippen molar-refractivity contribution in [3.63, 3.8) is 0 Å². The van der Waals surface area contributed by atoms with Gasteiger partial charge in [-0.2, -0.15) is 4.98 Å². The van der Waals surface area contributed by atoms with Gasteiger partial charge in [0, 0.05) is 49.3 Å². The van der Waals surface area contributed by atoms with Crippen LogP contribution in [0.2, 0.25) is 0 Å². The number of esters is 1. The van der Waals surface area contributed by atoms with E-state index in [1.807, 2.05) is 54.6 Å². The fraction of sp³-hybridized carbons (Fsp3) is 0.397. The van der Waals surface area contributed by atoms with E-state index in [9.17, 15) is 33.9 Å². The zero-order valence-electron chi connectivity index (χ0n) is 44.3. The van der Waals surface area contributed by atoms with Crippen molar-refractivity contribution in [3.05, 3.63) is 160 Å². The van der Waals surface area contributed by atoms with Gasteiger partial charge in [0.05, 0.1) is 95.2 Å². The predicted octanol–water partition coefficient (Wildman–Crippen LogP) is 6.56. The molecule has 79 heavy (non-hydrogen) atoms. The van der Waals surface area contributed by atoms with Gasteiger partial charge in [0.25, 0.3) is 11.5 Å². The SMILES string of the molecule is CCOC(=O)[C@H](CSC(c1ccccc1)(c1ccccc1)c1ccccc1)CC(=O)CCOCCOCCOCCOCCOCCCC(=O)CC[C@H](NC(=O)c1ccc(NCc2cnc3nc(N)[nH]c(=O)c3n2)cc1)C(=O)O. The average Bonchev–Trinajstić information content (AvgIpc) is 3.55. The Morgan fingerprint density at radius 2 is 1.23 bits per heavy atom. The predicted molar refractivity (Wildman–Crippen MR) is 299 cm³/mol. The number of Topliss-reactive ketones (excluding diaryl/α,β-unsaturated/α-hetero) is 2. The van der Waals surface area contributed by atoms with E-state index in [0.29, 0.717) is 83.0 Å². The average molecular weight is 1100 g/mol. The van der Waals surface area contributed by atoms with Crippen LogP contribution in [0.1, 0.15) is 78.2 Å². The number of carbonyl (C=O) groups excluding carboxylic acids is 4. The van der Waals surface area contributed by atoms with Gasteiger partial charge >= 0.3 is 11.9 Å². The van der Waals surface area contributed by atoms with E-state index >= 15 is 0 Å². The van der Waals surface area contributed by atoms with Crippen LogP contribution in [0.15, 0.2) is 126 Å². The third-order valence-electron chi connectivity index (χ3n) is 12.3. The number of anilines is 2. The van der Waals surface area contributed by atoms with E-state index in [1.165, 1.54) is 18.3 Å². The molecule has 0 spiro atoms. The first-order valence-electron chi connectivity index (χ1n) is 26.2. The van der Waals surface area contributed by atoms with Gasteiger partial charge in [0.2, 0.25) is 5.95 Å². The minimum absolute atomic E-state index is 0.0254. The summed E-state index contributed by atoms with van der Waals surface area (Å²) < 4.78 is 32.8. The number of benzene rings is 4. The van der Waals surface area contributed by atoms with Gasteiger partial charge in [-0.05, 0) is 60.7 Å². The Morgan fingerprint density at radius 3 is 1.77 bits per heavy atom. The smallest absolute Gasteiger partial charge is 0.326 e. The van der Waals surface area contributed by atoms with Gasteiger partial charge in [-0.1, -0.05) is 91.0 Å². The number of thioether (sulfide) groups is 1. The number of nitrogens with zero attached hydrogens (tertiary/aromatic N) is 3. The first-order valence-corrected chi connectivity index (χ1v) is 27.2. The number of hydrogen-bond acceptors (Lipinski definition) is 18. The first-order chi connectivity index (χ1) is 38.5. The summed E-state index contributed by atoms with van der Waals surface area (Å²) in [6.45, 7) is 5.45. The molecule has 1 amide bonds. The molecule has 6 rings (SSSR count). The van der Waals surface area contributed by atoms with Crippen LogP contribution in [0, 0.1) is 5.92 Å². The summed E-state index contributed by atoms with van der Waals surface area (Å²) in [6, 6.07) is 35.7. The molecule has 20 nitrogen and oxygen atoms in total. The number of nitrogen functional groups attached to an aromatic ring is 1. The van der Waals surface area contributed by atoms with Crippen LogP contribution in [0.4, 0.5) is 11.6 Å². The Labute approximate surface area is 462 Å². The lowest BCUT2D eigenvalue weighted by Crippen LogP contribution is -2.41. The number of carboxylic acids is 1. The van der Waals surface area contributed by atoms with E-state index in [4.69, 9.17) is 34.2 Å². The fourth-order valence-corrected chi connectivity index (χ4v) is 9.91. The number of aromatic nitrogens is 4. The number of H-pyrrole nitrogens is 1. The Bertz CT molecular complexity index is 2800. The van der Waals surface area contributed by atoms with Gasteiger partial charge in [0.1, 0.15) is 17.6 Å². The zero-order chi connectivity index (χ0) is 56.1. The van der Waals surface area contributed by atoms with Gasteiger partial charge in [-0.25, -0.2) is 14.8 Å². The molecule has 4 aromatic carbocycles. The molecular formula is C58H69N7O13S. The number of hydrogen-bond donors (Lipinski definition) is 5. The van der Waals surface area contributed by atoms with Crippen LogP contribution in [0.5, 0.6) is 0 Å². The van der Waals surface area contributed by atoms with Crippen molar-refractivity contribution in [1.29, 1.82) is 0 Å². The van der Waals surface area contributed by atoms with Crippen LogP contribution < -0.4 is 21.9 Å². The number of aromatic amines is 1. The number of fused-ring (bicyclic) bond motifs is 1. The molecule has 420 valence electrons. The van der Waals surface area contributed by atoms with E-state index in [1.54, 1.807) is 30.8 Å². The number of ether oxygens (including phenoxy) is 6. The number of rotatable bonds is 38. The number of amides is 1.